The van der Waals surface area contributed by atoms with Gasteiger partial charge in [-0.3, -0.25) is 9.59 Å². The van der Waals surface area contributed by atoms with Crippen molar-refractivity contribution in [1.29, 1.82) is 0 Å². The number of methoxy groups -OCH3 is 2. The van der Waals surface area contributed by atoms with Crippen molar-refractivity contribution in [2.45, 2.75) is 26.3 Å². The molecule has 0 aromatic carbocycles. The molecule has 5 heteroatoms. The van der Waals surface area contributed by atoms with E-state index < -0.39 is 23.4 Å². The molecular formula is C9H17NO4. The molecule has 0 heterocycles. The van der Waals surface area contributed by atoms with E-state index in [0.717, 1.165) is 0 Å². The molecule has 0 radical (unpaired) electrons. The summed E-state index contributed by atoms with van der Waals surface area (Å²) in [6.45, 7) is 3.43. The van der Waals surface area contributed by atoms with Crippen LogP contribution in [0.5, 0.6) is 0 Å². The van der Waals surface area contributed by atoms with Gasteiger partial charge in [-0.25, -0.2) is 0 Å². The second-order valence-corrected chi connectivity index (χ2v) is 3.74. The molecular weight excluding hydrogens is 186 g/mol. The highest BCUT2D eigenvalue weighted by Crippen LogP contribution is 2.25. The largest absolute Gasteiger partial charge is 0.469 e. The first-order valence-electron chi connectivity index (χ1n) is 4.25. The normalized spacial score (nSPS) is 13.2. The quantitative estimate of drug-likeness (QED) is 0.654. The molecule has 0 rings (SSSR count). The summed E-state index contributed by atoms with van der Waals surface area (Å²) < 4.78 is 9.00. The van der Waals surface area contributed by atoms with Crippen LogP contribution in [0, 0.1) is 5.41 Å². The van der Waals surface area contributed by atoms with Gasteiger partial charge in [0.15, 0.2) is 0 Å². The van der Waals surface area contributed by atoms with E-state index in [2.05, 4.69) is 9.47 Å². The Labute approximate surface area is 83.5 Å². The van der Waals surface area contributed by atoms with Crippen molar-refractivity contribution in [2.24, 2.45) is 11.1 Å². The van der Waals surface area contributed by atoms with Crippen molar-refractivity contribution in [3.05, 3.63) is 0 Å². The van der Waals surface area contributed by atoms with E-state index in [9.17, 15) is 9.59 Å². The minimum atomic E-state index is -0.827. The fourth-order valence-corrected chi connectivity index (χ4v) is 1.00. The highest BCUT2D eigenvalue weighted by Gasteiger charge is 2.35. The lowest BCUT2D eigenvalue weighted by Gasteiger charge is -2.28. The maximum Gasteiger partial charge on any atom is 0.323 e. The van der Waals surface area contributed by atoms with Gasteiger partial charge in [0.2, 0.25) is 0 Å². The number of hydrogen-bond donors (Lipinski definition) is 1. The molecule has 0 aliphatic heterocycles. The van der Waals surface area contributed by atoms with Gasteiger partial charge < -0.3 is 15.2 Å². The summed E-state index contributed by atoms with van der Waals surface area (Å²) in [7, 11) is 2.55. The van der Waals surface area contributed by atoms with Gasteiger partial charge in [-0.1, -0.05) is 13.8 Å². The average molecular weight is 203 g/mol. The summed E-state index contributed by atoms with van der Waals surface area (Å²) in [6.07, 6.45) is 0.0831. The minimum absolute atomic E-state index is 0.0831. The molecule has 0 saturated heterocycles. The summed E-state index contributed by atoms with van der Waals surface area (Å²) >= 11 is 0. The molecule has 0 bridgehead atoms. The Morgan fingerprint density at radius 3 is 2.14 bits per heavy atom. The zero-order chi connectivity index (χ0) is 11.4. The SMILES string of the molecule is COC(=O)CC(C)(C)C(N)C(=O)OC. The fraction of sp³-hybridized carbons (Fsp3) is 0.778. The van der Waals surface area contributed by atoms with Gasteiger partial charge in [-0.15, -0.1) is 0 Å². The van der Waals surface area contributed by atoms with Gasteiger partial charge in [0.05, 0.1) is 20.6 Å². The third-order valence-corrected chi connectivity index (χ3v) is 2.12. The Kier molecular flexibility index (Phi) is 4.56. The molecule has 0 fully saturated rings. The highest BCUT2D eigenvalue weighted by atomic mass is 16.5. The van der Waals surface area contributed by atoms with E-state index >= 15 is 0 Å². The maximum atomic E-state index is 11.1. The fourth-order valence-electron chi connectivity index (χ4n) is 1.00. The van der Waals surface area contributed by atoms with Gasteiger partial charge in [0, 0.05) is 5.41 Å². The summed E-state index contributed by atoms with van der Waals surface area (Å²) in [5.41, 5.74) is 4.96. The van der Waals surface area contributed by atoms with Crippen LogP contribution < -0.4 is 5.73 Å². The van der Waals surface area contributed by atoms with Crippen LogP contribution >= 0.6 is 0 Å². The molecule has 0 aliphatic carbocycles. The predicted octanol–water partition coefficient (Wildman–Crippen LogP) is 0.0760. The number of carbonyl (C=O) groups is 2. The summed E-state index contributed by atoms with van der Waals surface area (Å²) in [5, 5.41) is 0. The third kappa shape index (κ3) is 3.33. The monoisotopic (exact) mass is 203 g/mol. The zero-order valence-electron chi connectivity index (χ0n) is 8.99. The van der Waals surface area contributed by atoms with E-state index in [-0.39, 0.29) is 6.42 Å². The molecule has 0 aromatic rings. The Hall–Kier alpha value is -1.10. The van der Waals surface area contributed by atoms with Crippen molar-refractivity contribution in [3.8, 4) is 0 Å². The molecule has 2 N–H and O–H groups in total. The lowest BCUT2D eigenvalue weighted by atomic mass is 9.82. The smallest absolute Gasteiger partial charge is 0.323 e. The van der Waals surface area contributed by atoms with E-state index in [0.29, 0.717) is 0 Å². The van der Waals surface area contributed by atoms with Gasteiger partial charge in [-0.2, -0.15) is 0 Å². The first-order chi connectivity index (χ1) is 6.35. The highest BCUT2D eigenvalue weighted by molar-refractivity contribution is 5.78. The van der Waals surface area contributed by atoms with Crippen molar-refractivity contribution in [3.63, 3.8) is 0 Å². The van der Waals surface area contributed by atoms with Crippen LogP contribution in [0.1, 0.15) is 20.3 Å². The Morgan fingerprint density at radius 2 is 1.79 bits per heavy atom. The molecule has 0 saturated carbocycles. The summed E-state index contributed by atoms with van der Waals surface area (Å²) in [5.74, 6) is -0.923. The number of nitrogens with two attached hydrogens (primary N) is 1. The van der Waals surface area contributed by atoms with E-state index in [4.69, 9.17) is 5.73 Å². The van der Waals surface area contributed by atoms with E-state index in [1.807, 2.05) is 0 Å². The second kappa shape index (κ2) is 4.95. The minimum Gasteiger partial charge on any atom is -0.469 e. The molecule has 0 spiro atoms. The van der Waals surface area contributed by atoms with Crippen molar-refractivity contribution in [1.82, 2.24) is 0 Å². The second-order valence-electron chi connectivity index (χ2n) is 3.74. The Morgan fingerprint density at radius 1 is 1.29 bits per heavy atom. The molecule has 0 aliphatic rings. The van der Waals surface area contributed by atoms with Gasteiger partial charge in [-0.05, 0) is 0 Å². The van der Waals surface area contributed by atoms with E-state index in [1.54, 1.807) is 13.8 Å². The zero-order valence-corrected chi connectivity index (χ0v) is 8.99. The maximum absolute atomic E-state index is 11.1. The van der Waals surface area contributed by atoms with Crippen LogP contribution in [0.2, 0.25) is 0 Å². The lowest BCUT2D eigenvalue weighted by Crippen LogP contribution is -2.45. The number of carbonyl (C=O) groups excluding carboxylic acids is 2. The molecule has 5 nitrogen and oxygen atoms in total. The topological polar surface area (TPSA) is 78.6 Å². The first-order valence-corrected chi connectivity index (χ1v) is 4.25. The molecule has 14 heavy (non-hydrogen) atoms. The number of esters is 2. The first kappa shape index (κ1) is 12.9. The Bertz CT molecular complexity index is 225. The molecule has 0 aromatic heterocycles. The molecule has 82 valence electrons. The molecule has 1 unspecified atom stereocenters. The summed E-state index contributed by atoms with van der Waals surface area (Å²) in [4.78, 5) is 22.1. The third-order valence-electron chi connectivity index (χ3n) is 2.12. The van der Waals surface area contributed by atoms with Crippen LogP contribution in [0.25, 0.3) is 0 Å². The number of rotatable bonds is 4. The van der Waals surface area contributed by atoms with Crippen LogP contribution in [0.3, 0.4) is 0 Å². The van der Waals surface area contributed by atoms with Crippen LogP contribution in [-0.4, -0.2) is 32.2 Å². The number of hydrogen-bond acceptors (Lipinski definition) is 5. The van der Waals surface area contributed by atoms with Gasteiger partial charge >= 0.3 is 11.9 Å². The molecule has 0 amide bonds. The number of ether oxygens (including phenoxy) is 2. The van der Waals surface area contributed by atoms with Crippen LogP contribution in [-0.2, 0) is 19.1 Å². The van der Waals surface area contributed by atoms with Gasteiger partial charge in [0.1, 0.15) is 6.04 Å². The van der Waals surface area contributed by atoms with Crippen LogP contribution in [0.4, 0.5) is 0 Å². The van der Waals surface area contributed by atoms with Crippen LogP contribution in [0.15, 0.2) is 0 Å². The Balaban J connectivity index is 4.44. The van der Waals surface area contributed by atoms with E-state index in [1.165, 1.54) is 14.2 Å². The van der Waals surface area contributed by atoms with Crippen molar-refractivity contribution < 1.29 is 19.1 Å². The van der Waals surface area contributed by atoms with Crippen molar-refractivity contribution in [2.75, 3.05) is 14.2 Å². The lowest BCUT2D eigenvalue weighted by molar-refractivity contribution is -0.148. The van der Waals surface area contributed by atoms with Crippen molar-refractivity contribution >= 4 is 11.9 Å². The predicted molar refractivity (Wildman–Crippen MR) is 50.4 cm³/mol. The molecule has 1 atom stereocenters. The standard InChI is InChI=1S/C9H17NO4/c1-9(2,5-6(11)13-3)7(10)8(12)14-4/h7H,5,10H2,1-4H3. The summed E-state index contributed by atoms with van der Waals surface area (Å²) in [6, 6.07) is -0.827. The van der Waals surface area contributed by atoms with Gasteiger partial charge in [0.25, 0.3) is 0 Å². The average Bonchev–Trinajstić information content (AvgIpc) is 2.14.